The lowest BCUT2D eigenvalue weighted by atomic mass is 10.1. The van der Waals surface area contributed by atoms with Gasteiger partial charge in [0.05, 0.1) is 18.1 Å². The molecule has 0 spiro atoms. The van der Waals surface area contributed by atoms with Crippen LogP contribution in [0.2, 0.25) is 0 Å². The van der Waals surface area contributed by atoms with E-state index in [9.17, 15) is 4.79 Å². The van der Waals surface area contributed by atoms with Crippen LogP contribution in [-0.4, -0.2) is 27.7 Å². The zero-order chi connectivity index (χ0) is 19.9. The third kappa shape index (κ3) is 4.95. The van der Waals surface area contributed by atoms with Crippen molar-refractivity contribution in [3.8, 4) is 17.2 Å². The summed E-state index contributed by atoms with van der Waals surface area (Å²) in [5, 5.41) is 9.02. The molecule has 28 heavy (non-hydrogen) atoms. The SMILES string of the molecule is CCOC(CC(=O)O)c1ccc(OCc2nc(-c3cccnc3)oc2C)cc1. The Morgan fingerprint density at radius 3 is 2.68 bits per heavy atom. The van der Waals surface area contributed by atoms with Gasteiger partial charge in [0, 0.05) is 19.0 Å². The maximum Gasteiger partial charge on any atom is 0.306 e. The number of aliphatic carboxylic acids is 1. The quantitative estimate of drug-likeness (QED) is 0.593. The van der Waals surface area contributed by atoms with Gasteiger partial charge in [-0.25, -0.2) is 4.98 Å². The summed E-state index contributed by atoms with van der Waals surface area (Å²) in [6.45, 7) is 4.39. The summed E-state index contributed by atoms with van der Waals surface area (Å²) < 4.78 is 17.0. The highest BCUT2D eigenvalue weighted by molar-refractivity contribution is 5.67. The number of aromatic nitrogens is 2. The second-order valence-electron chi connectivity index (χ2n) is 6.16. The molecule has 146 valence electrons. The van der Waals surface area contributed by atoms with Crippen molar-refractivity contribution in [2.75, 3.05) is 6.61 Å². The molecule has 0 aliphatic rings. The van der Waals surface area contributed by atoms with E-state index >= 15 is 0 Å². The molecule has 2 aromatic heterocycles. The second-order valence-corrected chi connectivity index (χ2v) is 6.16. The van der Waals surface area contributed by atoms with Crippen LogP contribution >= 0.6 is 0 Å². The van der Waals surface area contributed by atoms with Crippen LogP contribution in [0.3, 0.4) is 0 Å². The van der Waals surface area contributed by atoms with Crippen molar-refractivity contribution < 1.29 is 23.8 Å². The van der Waals surface area contributed by atoms with Gasteiger partial charge in [-0.2, -0.15) is 0 Å². The maximum absolute atomic E-state index is 11.0. The van der Waals surface area contributed by atoms with E-state index in [4.69, 9.17) is 19.0 Å². The van der Waals surface area contributed by atoms with Gasteiger partial charge in [0.2, 0.25) is 5.89 Å². The first kappa shape index (κ1) is 19.6. The Labute approximate surface area is 163 Å². The summed E-state index contributed by atoms with van der Waals surface area (Å²) in [5.74, 6) is 0.950. The topological polar surface area (TPSA) is 94.7 Å². The Kier molecular flexibility index (Phi) is 6.39. The average molecular weight is 382 g/mol. The van der Waals surface area contributed by atoms with Gasteiger partial charge in [0.1, 0.15) is 23.8 Å². The lowest BCUT2D eigenvalue weighted by Crippen LogP contribution is -2.10. The Morgan fingerprint density at radius 1 is 1.25 bits per heavy atom. The number of hydrogen-bond acceptors (Lipinski definition) is 6. The third-order valence-electron chi connectivity index (χ3n) is 4.16. The van der Waals surface area contributed by atoms with E-state index in [1.807, 2.05) is 38.1 Å². The molecule has 7 nitrogen and oxygen atoms in total. The largest absolute Gasteiger partial charge is 0.487 e. The normalized spacial score (nSPS) is 11.9. The van der Waals surface area contributed by atoms with Crippen LogP contribution in [0, 0.1) is 6.92 Å². The molecule has 1 N–H and O–H groups in total. The van der Waals surface area contributed by atoms with Crippen LogP contribution in [0.25, 0.3) is 11.5 Å². The predicted molar refractivity (Wildman–Crippen MR) is 102 cm³/mol. The summed E-state index contributed by atoms with van der Waals surface area (Å²) in [6.07, 6.45) is 2.83. The summed E-state index contributed by atoms with van der Waals surface area (Å²) in [5.41, 5.74) is 2.32. The second kappa shape index (κ2) is 9.14. The molecule has 1 aromatic carbocycles. The summed E-state index contributed by atoms with van der Waals surface area (Å²) >= 11 is 0. The highest BCUT2D eigenvalue weighted by Crippen LogP contribution is 2.25. The molecule has 0 fully saturated rings. The van der Waals surface area contributed by atoms with E-state index in [0.29, 0.717) is 29.7 Å². The number of benzene rings is 1. The number of carboxylic acids is 1. The smallest absolute Gasteiger partial charge is 0.306 e. The Balaban J connectivity index is 1.65. The van der Waals surface area contributed by atoms with Crippen LogP contribution in [-0.2, 0) is 16.1 Å². The van der Waals surface area contributed by atoms with E-state index in [1.165, 1.54) is 0 Å². The van der Waals surface area contributed by atoms with Crippen molar-refractivity contribution in [1.29, 1.82) is 0 Å². The number of hydrogen-bond donors (Lipinski definition) is 1. The minimum absolute atomic E-state index is 0.0801. The molecule has 0 saturated heterocycles. The summed E-state index contributed by atoms with van der Waals surface area (Å²) in [6, 6.07) is 10.9. The first-order chi connectivity index (χ1) is 13.6. The molecular formula is C21H22N2O5. The van der Waals surface area contributed by atoms with Gasteiger partial charge >= 0.3 is 5.97 Å². The van der Waals surface area contributed by atoms with Crippen molar-refractivity contribution in [2.24, 2.45) is 0 Å². The van der Waals surface area contributed by atoms with Gasteiger partial charge in [-0.1, -0.05) is 12.1 Å². The number of aryl methyl sites for hydroxylation is 1. The molecule has 3 aromatic rings. The lowest BCUT2D eigenvalue weighted by Gasteiger charge is -2.15. The molecule has 0 aliphatic heterocycles. The highest BCUT2D eigenvalue weighted by atomic mass is 16.5. The third-order valence-corrected chi connectivity index (χ3v) is 4.16. The Bertz CT molecular complexity index is 906. The summed E-state index contributed by atoms with van der Waals surface area (Å²) in [4.78, 5) is 19.5. The Morgan fingerprint density at radius 2 is 2.04 bits per heavy atom. The molecule has 3 rings (SSSR count). The number of rotatable bonds is 9. The number of carboxylic acid groups (broad SMARTS) is 1. The van der Waals surface area contributed by atoms with E-state index in [1.54, 1.807) is 24.5 Å². The molecule has 0 amide bonds. The number of ether oxygens (including phenoxy) is 2. The van der Waals surface area contributed by atoms with E-state index in [2.05, 4.69) is 9.97 Å². The van der Waals surface area contributed by atoms with Crippen molar-refractivity contribution in [1.82, 2.24) is 9.97 Å². The molecule has 0 radical (unpaired) electrons. The molecule has 7 heteroatoms. The molecule has 0 saturated carbocycles. The molecule has 1 unspecified atom stereocenters. The molecule has 0 bridgehead atoms. The number of oxazole rings is 1. The van der Waals surface area contributed by atoms with Crippen LogP contribution in [0.1, 0.15) is 36.5 Å². The van der Waals surface area contributed by atoms with Gasteiger partial charge < -0.3 is 19.0 Å². The molecular weight excluding hydrogens is 360 g/mol. The van der Waals surface area contributed by atoms with Gasteiger partial charge in [-0.05, 0) is 43.7 Å². The maximum atomic E-state index is 11.0. The fourth-order valence-corrected chi connectivity index (χ4v) is 2.74. The standard InChI is InChI=1S/C21H22N2O5/c1-3-26-19(11-20(24)25)15-6-8-17(9-7-15)27-13-18-14(2)28-21(23-18)16-5-4-10-22-12-16/h4-10,12,19H,3,11,13H2,1-2H3,(H,24,25). The van der Waals surface area contributed by atoms with Gasteiger partial charge in [-0.3, -0.25) is 9.78 Å². The monoisotopic (exact) mass is 382 g/mol. The van der Waals surface area contributed by atoms with Gasteiger partial charge in [0.15, 0.2) is 0 Å². The van der Waals surface area contributed by atoms with Gasteiger partial charge in [-0.15, -0.1) is 0 Å². The predicted octanol–water partition coefficient (Wildman–Crippen LogP) is 4.18. The Hall–Kier alpha value is -3.19. The van der Waals surface area contributed by atoms with E-state index in [-0.39, 0.29) is 13.0 Å². The average Bonchev–Trinajstić information content (AvgIpc) is 3.07. The fourth-order valence-electron chi connectivity index (χ4n) is 2.74. The zero-order valence-electron chi connectivity index (χ0n) is 15.8. The van der Waals surface area contributed by atoms with E-state index in [0.717, 1.165) is 11.1 Å². The molecule has 1 atom stereocenters. The first-order valence-electron chi connectivity index (χ1n) is 8.99. The highest BCUT2D eigenvalue weighted by Gasteiger charge is 2.16. The fraction of sp³-hybridized carbons (Fsp3) is 0.286. The van der Waals surface area contributed by atoms with Crippen molar-refractivity contribution in [2.45, 2.75) is 33.0 Å². The van der Waals surface area contributed by atoms with Crippen LogP contribution in [0.5, 0.6) is 5.75 Å². The molecule has 2 heterocycles. The van der Waals surface area contributed by atoms with Crippen LogP contribution < -0.4 is 4.74 Å². The summed E-state index contributed by atoms with van der Waals surface area (Å²) in [7, 11) is 0. The van der Waals surface area contributed by atoms with Gasteiger partial charge in [0.25, 0.3) is 0 Å². The molecule has 0 aliphatic carbocycles. The van der Waals surface area contributed by atoms with E-state index < -0.39 is 12.1 Å². The van der Waals surface area contributed by atoms with Crippen LogP contribution in [0.15, 0.2) is 53.2 Å². The van der Waals surface area contributed by atoms with Crippen molar-refractivity contribution in [3.05, 3.63) is 65.8 Å². The minimum atomic E-state index is -0.898. The zero-order valence-corrected chi connectivity index (χ0v) is 15.8. The van der Waals surface area contributed by atoms with Crippen molar-refractivity contribution >= 4 is 5.97 Å². The minimum Gasteiger partial charge on any atom is -0.487 e. The van der Waals surface area contributed by atoms with Crippen molar-refractivity contribution in [3.63, 3.8) is 0 Å². The number of pyridine rings is 1. The number of nitrogens with zero attached hydrogens (tertiary/aromatic N) is 2. The number of carbonyl (C=O) groups is 1. The first-order valence-corrected chi connectivity index (χ1v) is 8.99. The lowest BCUT2D eigenvalue weighted by molar-refractivity contribution is -0.140. The van der Waals surface area contributed by atoms with Crippen LogP contribution in [0.4, 0.5) is 0 Å².